The molecule has 0 spiro atoms. The van der Waals surface area contributed by atoms with E-state index in [1.165, 1.54) is 0 Å². The molecule has 0 fully saturated rings. The van der Waals surface area contributed by atoms with Crippen molar-refractivity contribution >= 4 is 10.0 Å². The molecule has 0 aromatic heterocycles. The maximum atomic E-state index is 10.9. The van der Waals surface area contributed by atoms with Gasteiger partial charge in [0.2, 0.25) is 10.0 Å². The van der Waals surface area contributed by atoms with E-state index >= 15 is 0 Å². The van der Waals surface area contributed by atoms with Gasteiger partial charge in [0, 0.05) is 25.2 Å². The summed E-state index contributed by atoms with van der Waals surface area (Å²) in [6.45, 7) is 5.57. The molecule has 1 aromatic carbocycles. The van der Waals surface area contributed by atoms with Crippen molar-refractivity contribution < 1.29 is 13.2 Å². The average Bonchev–Trinajstić information content (AvgIpc) is 2.28. The predicted molar refractivity (Wildman–Crippen MR) is 76.8 cm³/mol. The summed E-state index contributed by atoms with van der Waals surface area (Å²) in [6, 6.07) is 7.83. The van der Waals surface area contributed by atoms with Crippen molar-refractivity contribution in [3.8, 4) is 5.75 Å². The zero-order valence-corrected chi connectivity index (χ0v) is 12.5. The molecule has 1 rings (SSSR count). The van der Waals surface area contributed by atoms with Gasteiger partial charge in [-0.15, -0.1) is 0 Å². The number of rotatable bonds is 8. The van der Waals surface area contributed by atoms with Crippen LogP contribution >= 0.6 is 0 Å². The molecule has 0 heterocycles. The lowest BCUT2D eigenvalue weighted by Crippen LogP contribution is -2.30. The summed E-state index contributed by atoms with van der Waals surface area (Å²) in [7, 11) is -3.11. The van der Waals surface area contributed by atoms with E-state index in [1.807, 2.05) is 38.1 Å². The Labute approximate surface area is 115 Å². The molecule has 0 aliphatic heterocycles. The molecule has 0 atom stereocenters. The van der Waals surface area contributed by atoms with Gasteiger partial charge in [-0.1, -0.05) is 18.2 Å². The third-order valence-electron chi connectivity index (χ3n) is 2.32. The highest BCUT2D eigenvalue weighted by Crippen LogP contribution is 2.18. The fourth-order valence-electron chi connectivity index (χ4n) is 1.57. The molecule has 6 heteroatoms. The minimum absolute atomic E-state index is 0.132. The second-order valence-corrected chi connectivity index (χ2v) is 6.45. The van der Waals surface area contributed by atoms with E-state index < -0.39 is 10.0 Å². The smallest absolute Gasteiger partial charge is 0.208 e. The Balaban J connectivity index is 2.40. The molecule has 0 saturated heterocycles. The van der Waals surface area contributed by atoms with Gasteiger partial charge in [0.1, 0.15) is 5.75 Å². The van der Waals surface area contributed by atoms with Crippen molar-refractivity contribution in [1.82, 2.24) is 10.0 Å². The summed E-state index contributed by atoms with van der Waals surface area (Å²) >= 11 is 0. The first-order valence-corrected chi connectivity index (χ1v) is 8.17. The van der Waals surface area contributed by atoms with Crippen LogP contribution in [0.3, 0.4) is 0 Å². The van der Waals surface area contributed by atoms with Crippen LogP contribution in [0, 0.1) is 0 Å². The van der Waals surface area contributed by atoms with E-state index in [0.717, 1.165) is 17.6 Å². The zero-order valence-electron chi connectivity index (χ0n) is 11.6. The van der Waals surface area contributed by atoms with E-state index in [2.05, 4.69) is 10.0 Å². The highest BCUT2D eigenvalue weighted by atomic mass is 32.2. The van der Waals surface area contributed by atoms with Gasteiger partial charge in [0.15, 0.2) is 0 Å². The maximum absolute atomic E-state index is 10.9. The number of nitrogens with one attached hydrogen (secondary N) is 2. The summed E-state index contributed by atoms with van der Waals surface area (Å²) in [5.41, 5.74) is 1.07. The van der Waals surface area contributed by atoms with Gasteiger partial charge >= 0.3 is 0 Å². The van der Waals surface area contributed by atoms with Crippen molar-refractivity contribution in [2.24, 2.45) is 0 Å². The third-order valence-corrected chi connectivity index (χ3v) is 3.05. The summed E-state index contributed by atoms with van der Waals surface area (Å²) in [4.78, 5) is 0. The minimum atomic E-state index is -3.11. The Bertz CT molecular complexity index is 486. The first kappa shape index (κ1) is 15.9. The Kier molecular flexibility index (Phi) is 6.27. The summed E-state index contributed by atoms with van der Waals surface area (Å²) < 4.78 is 29.9. The lowest BCUT2D eigenvalue weighted by atomic mass is 10.2. The summed E-state index contributed by atoms with van der Waals surface area (Å²) in [5.74, 6) is 0.862. The van der Waals surface area contributed by atoms with Crippen LogP contribution in [-0.4, -0.2) is 33.9 Å². The quantitative estimate of drug-likeness (QED) is 0.703. The molecule has 1 aromatic rings. The van der Waals surface area contributed by atoms with Gasteiger partial charge in [-0.3, -0.25) is 0 Å². The van der Waals surface area contributed by atoms with Crippen molar-refractivity contribution in [2.45, 2.75) is 26.5 Å². The Hall–Kier alpha value is -1.11. The molecule has 5 nitrogen and oxygen atoms in total. The van der Waals surface area contributed by atoms with E-state index in [-0.39, 0.29) is 6.10 Å². The molecule has 2 N–H and O–H groups in total. The Morgan fingerprint density at radius 2 is 1.89 bits per heavy atom. The van der Waals surface area contributed by atoms with Crippen LogP contribution in [0.1, 0.15) is 19.4 Å². The molecule has 0 radical (unpaired) electrons. The Morgan fingerprint density at radius 1 is 1.21 bits per heavy atom. The third kappa shape index (κ3) is 7.15. The van der Waals surface area contributed by atoms with Gasteiger partial charge in [0.05, 0.1) is 12.4 Å². The van der Waals surface area contributed by atoms with E-state index in [0.29, 0.717) is 19.6 Å². The first-order chi connectivity index (χ1) is 8.88. The van der Waals surface area contributed by atoms with Crippen LogP contribution in [-0.2, 0) is 16.6 Å². The van der Waals surface area contributed by atoms with Gasteiger partial charge < -0.3 is 10.1 Å². The van der Waals surface area contributed by atoms with Crippen LogP contribution in [0.25, 0.3) is 0 Å². The average molecular weight is 286 g/mol. The van der Waals surface area contributed by atoms with Gasteiger partial charge in [0.25, 0.3) is 0 Å². The Morgan fingerprint density at radius 3 is 2.53 bits per heavy atom. The second kappa shape index (κ2) is 7.47. The lowest BCUT2D eigenvalue weighted by Gasteiger charge is -2.14. The number of para-hydroxylation sites is 1. The molecule has 0 unspecified atom stereocenters. The van der Waals surface area contributed by atoms with Crippen LogP contribution in [0.4, 0.5) is 0 Å². The number of hydrogen-bond acceptors (Lipinski definition) is 4. The number of sulfonamides is 1. The monoisotopic (exact) mass is 286 g/mol. The molecule has 0 saturated carbocycles. The van der Waals surface area contributed by atoms with E-state index in [4.69, 9.17) is 4.74 Å². The van der Waals surface area contributed by atoms with Crippen molar-refractivity contribution in [2.75, 3.05) is 19.3 Å². The molecule has 19 heavy (non-hydrogen) atoms. The summed E-state index contributed by atoms with van der Waals surface area (Å²) in [6.07, 6.45) is 1.28. The maximum Gasteiger partial charge on any atom is 0.208 e. The minimum Gasteiger partial charge on any atom is -0.491 e. The number of hydrogen-bond donors (Lipinski definition) is 2. The fraction of sp³-hybridized carbons (Fsp3) is 0.538. The fourth-order valence-corrected chi connectivity index (χ4v) is 2.04. The second-order valence-electron chi connectivity index (χ2n) is 4.62. The molecule has 0 amide bonds. The van der Waals surface area contributed by atoms with Gasteiger partial charge in [-0.25, -0.2) is 13.1 Å². The molecule has 108 valence electrons. The van der Waals surface area contributed by atoms with E-state index in [1.54, 1.807) is 0 Å². The van der Waals surface area contributed by atoms with Gasteiger partial charge in [-0.05, 0) is 19.9 Å². The van der Waals surface area contributed by atoms with E-state index in [9.17, 15) is 8.42 Å². The molecule has 0 bridgehead atoms. The highest BCUT2D eigenvalue weighted by Gasteiger charge is 2.04. The van der Waals surface area contributed by atoms with Crippen molar-refractivity contribution in [1.29, 1.82) is 0 Å². The van der Waals surface area contributed by atoms with Crippen LogP contribution in [0.15, 0.2) is 24.3 Å². The molecule has 0 aliphatic rings. The predicted octanol–water partition coefficient (Wildman–Crippen LogP) is 1.11. The lowest BCUT2D eigenvalue weighted by molar-refractivity contribution is 0.239. The zero-order chi connectivity index (χ0) is 14.3. The van der Waals surface area contributed by atoms with Crippen LogP contribution < -0.4 is 14.8 Å². The van der Waals surface area contributed by atoms with Gasteiger partial charge in [-0.2, -0.15) is 0 Å². The number of ether oxygens (including phenoxy) is 1. The normalized spacial score (nSPS) is 11.8. The van der Waals surface area contributed by atoms with Crippen molar-refractivity contribution in [3.63, 3.8) is 0 Å². The topological polar surface area (TPSA) is 67.4 Å². The molecular formula is C13H22N2O3S. The number of benzene rings is 1. The van der Waals surface area contributed by atoms with Crippen LogP contribution in [0.5, 0.6) is 5.75 Å². The SMILES string of the molecule is CC(C)Oc1ccccc1CNCCNS(C)(=O)=O. The molecular weight excluding hydrogens is 264 g/mol. The highest BCUT2D eigenvalue weighted by molar-refractivity contribution is 7.88. The first-order valence-electron chi connectivity index (χ1n) is 6.28. The van der Waals surface area contributed by atoms with Crippen LogP contribution in [0.2, 0.25) is 0 Å². The summed E-state index contributed by atoms with van der Waals surface area (Å²) in [5, 5.41) is 3.18. The largest absolute Gasteiger partial charge is 0.491 e. The standard InChI is InChI=1S/C13H22N2O3S/c1-11(2)18-13-7-5-4-6-12(13)10-14-8-9-15-19(3,16)17/h4-7,11,14-15H,8-10H2,1-3H3. The van der Waals surface area contributed by atoms with Crippen molar-refractivity contribution in [3.05, 3.63) is 29.8 Å². The molecule has 0 aliphatic carbocycles.